The number of methoxy groups -OCH3 is 1. The van der Waals surface area contributed by atoms with Crippen molar-refractivity contribution in [3.63, 3.8) is 0 Å². The van der Waals surface area contributed by atoms with Crippen LogP contribution in [0.1, 0.15) is 27.0 Å². The maximum Gasteiger partial charge on any atom is 0.335 e. The van der Waals surface area contributed by atoms with Crippen molar-refractivity contribution in [1.82, 2.24) is 4.90 Å². The fourth-order valence-electron chi connectivity index (χ4n) is 3.53. The molecule has 4 rings (SSSR count). The van der Waals surface area contributed by atoms with Crippen LogP contribution >= 0.6 is 11.8 Å². The van der Waals surface area contributed by atoms with E-state index in [1.165, 1.54) is 24.1 Å². The smallest absolute Gasteiger partial charge is 0.335 e. The Balaban J connectivity index is 1.38. The lowest BCUT2D eigenvalue weighted by molar-refractivity contribution is -0.123. The molecule has 190 valence electrons. The number of nitrogens with zero attached hydrogens (tertiary/aromatic N) is 1. The van der Waals surface area contributed by atoms with E-state index in [2.05, 4.69) is 0 Å². The quantitative estimate of drug-likeness (QED) is 0.356. The van der Waals surface area contributed by atoms with E-state index in [-0.39, 0.29) is 36.5 Å². The van der Waals surface area contributed by atoms with E-state index in [9.17, 15) is 14.4 Å². The summed E-state index contributed by atoms with van der Waals surface area (Å²) in [5, 5.41) is 8.67. The van der Waals surface area contributed by atoms with Gasteiger partial charge in [0.2, 0.25) is 0 Å². The van der Waals surface area contributed by atoms with E-state index >= 15 is 0 Å². The van der Waals surface area contributed by atoms with Gasteiger partial charge in [0.05, 0.1) is 24.1 Å². The number of rotatable bonds is 10. The molecule has 9 heteroatoms. The van der Waals surface area contributed by atoms with E-state index in [1.807, 2.05) is 31.2 Å². The molecule has 0 unspecified atom stereocenters. The summed E-state index contributed by atoms with van der Waals surface area (Å²) in [5.41, 5.74) is 2.80. The van der Waals surface area contributed by atoms with Gasteiger partial charge in [0, 0.05) is 0 Å². The zero-order valence-corrected chi connectivity index (χ0v) is 21.1. The summed E-state index contributed by atoms with van der Waals surface area (Å²) >= 11 is 0.882. The van der Waals surface area contributed by atoms with E-state index < -0.39 is 5.97 Å². The second-order valence-corrected chi connectivity index (χ2v) is 9.19. The first kappa shape index (κ1) is 25.8. The molecule has 2 amide bonds. The summed E-state index contributed by atoms with van der Waals surface area (Å²) < 4.78 is 16.9. The third-order valence-corrected chi connectivity index (χ3v) is 6.47. The lowest BCUT2D eigenvalue weighted by Crippen LogP contribution is -2.32. The zero-order chi connectivity index (χ0) is 26.4. The Morgan fingerprint density at radius 1 is 0.973 bits per heavy atom. The molecule has 0 saturated carbocycles. The lowest BCUT2D eigenvalue weighted by atomic mass is 10.1. The Bertz CT molecular complexity index is 1330. The van der Waals surface area contributed by atoms with Gasteiger partial charge in [-0.2, -0.15) is 0 Å². The van der Waals surface area contributed by atoms with Crippen LogP contribution in [0.5, 0.6) is 17.2 Å². The summed E-state index contributed by atoms with van der Waals surface area (Å²) in [6.45, 7) is 2.56. The molecular weight excluding hydrogens is 494 g/mol. The molecular formula is C28H25NO7S. The topological polar surface area (TPSA) is 102 Å². The third-order valence-electron chi connectivity index (χ3n) is 5.56. The van der Waals surface area contributed by atoms with Gasteiger partial charge >= 0.3 is 5.97 Å². The summed E-state index contributed by atoms with van der Waals surface area (Å²) in [7, 11) is 1.51. The number of aryl methyl sites for hydroxylation is 1. The van der Waals surface area contributed by atoms with Crippen molar-refractivity contribution in [2.45, 2.75) is 13.5 Å². The number of carbonyl (C=O) groups excluding carboxylic acids is 2. The van der Waals surface area contributed by atoms with Crippen LogP contribution in [0.25, 0.3) is 6.08 Å². The largest absolute Gasteiger partial charge is 0.493 e. The van der Waals surface area contributed by atoms with Gasteiger partial charge in [-0.1, -0.05) is 35.9 Å². The fraction of sp³-hybridized carbons (Fsp3) is 0.179. The van der Waals surface area contributed by atoms with Crippen molar-refractivity contribution in [2.75, 3.05) is 20.3 Å². The highest BCUT2D eigenvalue weighted by molar-refractivity contribution is 8.18. The minimum atomic E-state index is -0.988. The highest BCUT2D eigenvalue weighted by Gasteiger charge is 2.34. The molecule has 3 aromatic carbocycles. The number of ether oxygens (including phenoxy) is 3. The normalized spacial score (nSPS) is 14.2. The van der Waals surface area contributed by atoms with Crippen LogP contribution in [0, 0.1) is 6.92 Å². The average Bonchev–Trinajstić information content (AvgIpc) is 3.16. The standard InChI is InChI=1S/C28H25NO7S/c1-18-3-10-22(11-4-18)35-14-13-29-26(30)25(37-28(29)33)16-20-7-12-23(24(15-20)34-2)36-17-19-5-8-21(9-6-19)27(31)32/h3-12,15-16H,13-14,17H2,1-2H3,(H,31,32)/b25-16-. The summed E-state index contributed by atoms with van der Waals surface area (Å²) in [4.78, 5) is 37.7. The van der Waals surface area contributed by atoms with Gasteiger partial charge < -0.3 is 19.3 Å². The molecule has 0 aromatic heterocycles. The molecule has 1 aliphatic heterocycles. The number of hydrogen-bond acceptors (Lipinski definition) is 7. The first-order valence-electron chi connectivity index (χ1n) is 11.4. The van der Waals surface area contributed by atoms with E-state index in [0.29, 0.717) is 27.7 Å². The minimum absolute atomic E-state index is 0.152. The second-order valence-electron chi connectivity index (χ2n) is 8.20. The molecule has 37 heavy (non-hydrogen) atoms. The van der Waals surface area contributed by atoms with E-state index in [0.717, 1.165) is 22.9 Å². The summed E-state index contributed by atoms with van der Waals surface area (Å²) in [6.07, 6.45) is 1.64. The number of carboxylic acids is 1. The van der Waals surface area contributed by atoms with Crippen LogP contribution in [0.2, 0.25) is 0 Å². The number of imide groups is 1. The number of carboxylic acid groups (broad SMARTS) is 1. The van der Waals surface area contributed by atoms with Crippen LogP contribution in [0.15, 0.2) is 71.6 Å². The Morgan fingerprint density at radius 2 is 1.70 bits per heavy atom. The Kier molecular flexibility index (Phi) is 8.15. The molecule has 8 nitrogen and oxygen atoms in total. The molecule has 1 fully saturated rings. The van der Waals surface area contributed by atoms with Crippen LogP contribution in [-0.2, 0) is 11.4 Å². The first-order valence-corrected chi connectivity index (χ1v) is 12.2. The molecule has 0 spiro atoms. The average molecular weight is 520 g/mol. The minimum Gasteiger partial charge on any atom is -0.493 e. The maximum absolute atomic E-state index is 12.8. The molecule has 1 N–H and O–H groups in total. The van der Waals surface area contributed by atoms with Gasteiger partial charge in [0.25, 0.3) is 11.1 Å². The van der Waals surface area contributed by atoms with Crippen molar-refractivity contribution >= 4 is 35.0 Å². The molecule has 0 bridgehead atoms. The Labute approximate surface area is 218 Å². The second kappa shape index (κ2) is 11.7. The van der Waals surface area contributed by atoms with Crippen molar-refractivity contribution in [1.29, 1.82) is 0 Å². The number of hydrogen-bond donors (Lipinski definition) is 1. The van der Waals surface area contributed by atoms with Gasteiger partial charge in [-0.3, -0.25) is 14.5 Å². The molecule has 0 radical (unpaired) electrons. The van der Waals surface area contributed by atoms with Crippen molar-refractivity contribution in [3.05, 3.63) is 93.9 Å². The summed E-state index contributed by atoms with van der Waals surface area (Å²) in [5.74, 6) is 0.273. The van der Waals surface area contributed by atoms with Gasteiger partial charge in [0.15, 0.2) is 11.5 Å². The highest BCUT2D eigenvalue weighted by atomic mass is 32.2. The van der Waals surface area contributed by atoms with Crippen molar-refractivity contribution < 1.29 is 33.7 Å². The molecule has 1 saturated heterocycles. The Hall–Kier alpha value is -4.24. The predicted molar refractivity (Wildman–Crippen MR) is 140 cm³/mol. The maximum atomic E-state index is 12.8. The number of thioether (sulfide) groups is 1. The summed E-state index contributed by atoms with van der Waals surface area (Å²) in [6, 6.07) is 19.2. The number of carbonyl (C=O) groups is 3. The van der Waals surface area contributed by atoms with Gasteiger partial charge in [-0.15, -0.1) is 0 Å². The van der Waals surface area contributed by atoms with Gasteiger partial charge in [-0.25, -0.2) is 4.79 Å². The van der Waals surface area contributed by atoms with Gasteiger partial charge in [-0.05, 0) is 72.3 Å². The zero-order valence-electron chi connectivity index (χ0n) is 20.3. The van der Waals surface area contributed by atoms with Crippen LogP contribution in [0.3, 0.4) is 0 Å². The van der Waals surface area contributed by atoms with Crippen LogP contribution in [0.4, 0.5) is 4.79 Å². The number of aromatic carboxylic acids is 1. The van der Waals surface area contributed by atoms with E-state index in [1.54, 1.807) is 36.4 Å². The molecule has 3 aromatic rings. The highest BCUT2D eigenvalue weighted by Crippen LogP contribution is 2.34. The van der Waals surface area contributed by atoms with Crippen LogP contribution < -0.4 is 14.2 Å². The third kappa shape index (κ3) is 6.50. The SMILES string of the molecule is COc1cc(/C=C2\SC(=O)N(CCOc3ccc(C)cc3)C2=O)ccc1OCc1ccc(C(=O)O)cc1. The fourth-order valence-corrected chi connectivity index (χ4v) is 4.40. The van der Waals surface area contributed by atoms with E-state index in [4.69, 9.17) is 19.3 Å². The van der Waals surface area contributed by atoms with Gasteiger partial charge in [0.1, 0.15) is 19.0 Å². The van der Waals surface area contributed by atoms with Crippen molar-refractivity contribution in [3.8, 4) is 17.2 Å². The number of amides is 2. The number of benzene rings is 3. The molecule has 0 atom stereocenters. The molecule has 1 aliphatic rings. The molecule has 1 heterocycles. The first-order chi connectivity index (χ1) is 17.8. The predicted octanol–water partition coefficient (Wildman–Crippen LogP) is 5.40. The van der Waals surface area contributed by atoms with Crippen molar-refractivity contribution in [2.24, 2.45) is 0 Å². The lowest BCUT2D eigenvalue weighted by Gasteiger charge is -2.13. The Morgan fingerprint density at radius 3 is 2.38 bits per heavy atom. The monoisotopic (exact) mass is 519 g/mol. The van der Waals surface area contributed by atoms with Crippen LogP contribution in [-0.4, -0.2) is 47.4 Å². The molecule has 0 aliphatic carbocycles.